The van der Waals surface area contributed by atoms with E-state index in [1.54, 1.807) is 6.07 Å². The van der Waals surface area contributed by atoms with Gasteiger partial charge in [-0.15, -0.1) is 13.2 Å². The summed E-state index contributed by atoms with van der Waals surface area (Å²) < 4.78 is 43.5. The monoisotopic (exact) mass is 391 g/mol. The number of alkyl halides is 3. The number of aliphatic carboxylic acids is 1. The Bertz CT molecular complexity index is 616. The summed E-state index contributed by atoms with van der Waals surface area (Å²) in [5.74, 6) is 4.20. The van der Waals surface area contributed by atoms with Gasteiger partial charge in [0.1, 0.15) is 11.9 Å². The molecule has 2 rings (SSSR count). The molecule has 0 radical (unpaired) electrons. The van der Waals surface area contributed by atoms with E-state index in [4.69, 9.17) is 21.4 Å². The average molecular weight is 391 g/mol. The van der Waals surface area contributed by atoms with E-state index in [-0.39, 0.29) is 23.4 Å². The van der Waals surface area contributed by atoms with Gasteiger partial charge in [-0.3, -0.25) is 5.84 Å². The predicted molar refractivity (Wildman–Crippen MR) is 91.8 cm³/mol. The molecule has 0 aliphatic heterocycles. The number of para-hydroxylation sites is 1. The molecule has 1 aromatic rings. The van der Waals surface area contributed by atoms with E-state index in [2.05, 4.69) is 11.7 Å². The molecule has 1 saturated carbocycles. The molecule has 1 aliphatic carbocycles. The lowest BCUT2D eigenvalue weighted by atomic mass is 9.89. The third-order valence-electron chi connectivity index (χ3n) is 3.84. The normalized spacial score (nSPS) is 20.5. The molecule has 1 fully saturated rings. The minimum absolute atomic E-state index is 0.00102. The second-order valence-electron chi connectivity index (χ2n) is 6.05. The number of nitrogens with one attached hydrogen (secondary N) is 1. The van der Waals surface area contributed by atoms with Gasteiger partial charge in [-0.05, 0) is 43.7 Å². The minimum Gasteiger partial charge on any atom is -0.476 e. The highest BCUT2D eigenvalue weighted by molar-refractivity contribution is 5.86. The summed E-state index contributed by atoms with van der Waals surface area (Å²) in [5.41, 5.74) is 7.27. The Kier molecular flexibility index (Phi) is 8.73. The maximum Gasteiger partial charge on any atom is 0.573 e. The molecule has 0 spiro atoms. The molecule has 0 atom stereocenters. The van der Waals surface area contributed by atoms with Crippen molar-refractivity contribution in [3.8, 4) is 5.75 Å². The Hall–Kier alpha value is -2.62. The molecule has 0 saturated heterocycles. The predicted octanol–water partition coefficient (Wildman–Crippen LogP) is 2.84. The smallest absolute Gasteiger partial charge is 0.476 e. The number of halogens is 3. The SMILES string of the molecule is CC1CCC(O/C(N)=C(/NN)C(=O)O)CC1.FC(F)(F)Oc1ccccc1. The van der Waals surface area contributed by atoms with Gasteiger partial charge >= 0.3 is 12.3 Å². The Morgan fingerprint density at radius 1 is 1.19 bits per heavy atom. The molecule has 6 N–H and O–H groups in total. The lowest BCUT2D eigenvalue weighted by Crippen LogP contribution is -2.32. The van der Waals surface area contributed by atoms with Crippen LogP contribution in [0, 0.1) is 5.92 Å². The minimum atomic E-state index is -4.60. The first-order valence-corrected chi connectivity index (χ1v) is 8.29. The quantitative estimate of drug-likeness (QED) is 0.264. The summed E-state index contributed by atoms with van der Waals surface area (Å²) in [6, 6.07) is 7.05. The van der Waals surface area contributed by atoms with Crippen molar-refractivity contribution in [2.24, 2.45) is 17.5 Å². The molecule has 0 heterocycles. The lowest BCUT2D eigenvalue weighted by molar-refractivity contribution is -0.274. The van der Waals surface area contributed by atoms with Gasteiger partial charge in [0.15, 0.2) is 5.70 Å². The van der Waals surface area contributed by atoms with E-state index < -0.39 is 12.3 Å². The third kappa shape index (κ3) is 9.04. The molecule has 0 amide bonds. The fraction of sp³-hybridized carbons (Fsp3) is 0.471. The van der Waals surface area contributed by atoms with Crippen LogP contribution in [0.1, 0.15) is 32.6 Å². The number of ether oxygens (including phenoxy) is 2. The van der Waals surface area contributed by atoms with Crippen molar-refractivity contribution in [2.75, 3.05) is 0 Å². The van der Waals surface area contributed by atoms with E-state index in [9.17, 15) is 18.0 Å². The molecule has 7 nitrogen and oxygen atoms in total. The number of nitrogens with two attached hydrogens (primary N) is 2. The number of hydrazine groups is 1. The topological polar surface area (TPSA) is 120 Å². The van der Waals surface area contributed by atoms with Crippen LogP contribution in [0.5, 0.6) is 5.75 Å². The maximum absolute atomic E-state index is 11.5. The lowest BCUT2D eigenvalue weighted by Gasteiger charge is -2.27. The van der Waals surface area contributed by atoms with Gasteiger partial charge < -0.3 is 25.7 Å². The third-order valence-corrected chi connectivity index (χ3v) is 3.84. The average Bonchev–Trinajstić information content (AvgIpc) is 2.57. The zero-order chi connectivity index (χ0) is 20.4. The van der Waals surface area contributed by atoms with Crippen LogP contribution in [0.3, 0.4) is 0 Å². The number of hydrogen-bond donors (Lipinski definition) is 4. The van der Waals surface area contributed by atoms with Gasteiger partial charge in [-0.2, -0.15) is 0 Å². The van der Waals surface area contributed by atoms with Crippen LogP contribution < -0.4 is 21.7 Å². The second kappa shape index (κ2) is 10.5. The maximum atomic E-state index is 11.5. The second-order valence-corrected chi connectivity index (χ2v) is 6.05. The molecular formula is C17H24F3N3O4. The van der Waals surface area contributed by atoms with Crippen LogP contribution in [0.15, 0.2) is 41.9 Å². The molecule has 1 aromatic carbocycles. The number of hydrogen-bond acceptors (Lipinski definition) is 6. The number of benzene rings is 1. The van der Waals surface area contributed by atoms with E-state index in [1.807, 2.05) is 5.43 Å². The molecular weight excluding hydrogens is 367 g/mol. The van der Waals surface area contributed by atoms with Crippen LogP contribution in [-0.4, -0.2) is 23.5 Å². The van der Waals surface area contributed by atoms with Gasteiger partial charge in [-0.25, -0.2) is 4.79 Å². The molecule has 0 bridgehead atoms. The Balaban J connectivity index is 0.000000289. The van der Waals surface area contributed by atoms with Crippen LogP contribution in [-0.2, 0) is 9.53 Å². The highest BCUT2D eigenvalue weighted by atomic mass is 19.4. The van der Waals surface area contributed by atoms with E-state index in [1.165, 1.54) is 24.3 Å². The summed E-state index contributed by atoms with van der Waals surface area (Å²) in [4.78, 5) is 10.7. The van der Waals surface area contributed by atoms with Crippen molar-refractivity contribution in [1.29, 1.82) is 0 Å². The number of carbonyl (C=O) groups is 1. The first-order chi connectivity index (χ1) is 12.6. The standard InChI is InChI=1S/C10H19N3O3.C7H5F3O/c1-6-2-4-7(5-3-6)16-9(11)8(13-12)10(14)15;8-7(9,10)11-6-4-2-1-3-5-6/h6-7,13H,2-5,11-12H2,1H3,(H,14,15);1-5H/b9-8+;. The zero-order valence-electron chi connectivity index (χ0n) is 14.8. The first-order valence-electron chi connectivity index (χ1n) is 8.29. The van der Waals surface area contributed by atoms with Crippen molar-refractivity contribution in [3.63, 3.8) is 0 Å². The van der Waals surface area contributed by atoms with E-state index >= 15 is 0 Å². The highest BCUT2D eigenvalue weighted by Gasteiger charge is 2.30. The summed E-state index contributed by atoms with van der Waals surface area (Å²) in [6.45, 7) is 2.19. The molecule has 0 unspecified atom stereocenters. The van der Waals surface area contributed by atoms with Crippen molar-refractivity contribution in [3.05, 3.63) is 41.9 Å². The first kappa shape index (κ1) is 22.4. The number of carboxylic acid groups (broad SMARTS) is 1. The van der Waals surface area contributed by atoms with Gasteiger partial charge in [0.05, 0.1) is 0 Å². The van der Waals surface area contributed by atoms with Crippen molar-refractivity contribution in [2.45, 2.75) is 45.1 Å². The number of carboxylic acids is 1. The summed E-state index contributed by atoms with van der Waals surface area (Å²) in [7, 11) is 0. The molecule has 0 aromatic heterocycles. The van der Waals surface area contributed by atoms with Crippen molar-refractivity contribution in [1.82, 2.24) is 5.43 Å². The van der Waals surface area contributed by atoms with Crippen LogP contribution >= 0.6 is 0 Å². The fourth-order valence-corrected chi connectivity index (χ4v) is 2.45. The molecule has 1 aliphatic rings. The van der Waals surface area contributed by atoms with Crippen LogP contribution in [0.2, 0.25) is 0 Å². The summed E-state index contributed by atoms with van der Waals surface area (Å²) in [5, 5.41) is 8.75. The molecule has 27 heavy (non-hydrogen) atoms. The van der Waals surface area contributed by atoms with Gasteiger partial charge in [-0.1, -0.05) is 25.1 Å². The van der Waals surface area contributed by atoms with Gasteiger partial charge in [0, 0.05) is 0 Å². The van der Waals surface area contributed by atoms with Gasteiger partial charge in [0.25, 0.3) is 0 Å². The van der Waals surface area contributed by atoms with Crippen molar-refractivity contribution >= 4 is 5.97 Å². The largest absolute Gasteiger partial charge is 0.573 e. The Morgan fingerprint density at radius 3 is 2.19 bits per heavy atom. The Labute approximate surface area is 155 Å². The highest BCUT2D eigenvalue weighted by Crippen LogP contribution is 2.26. The molecule has 152 valence electrons. The van der Waals surface area contributed by atoms with Crippen LogP contribution in [0.25, 0.3) is 0 Å². The van der Waals surface area contributed by atoms with Crippen LogP contribution in [0.4, 0.5) is 13.2 Å². The van der Waals surface area contributed by atoms with Crippen molar-refractivity contribution < 1.29 is 32.5 Å². The molecule has 10 heteroatoms. The van der Waals surface area contributed by atoms with E-state index in [0.717, 1.165) is 25.7 Å². The summed E-state index contributed by atoms with van der Waals surface area (Å²) >= 11 is 0. The zero-order valence-corrected chi connectivity index (χ0v) is 14.8. The fourth-order valence-electron chi connectivity index (χ4n) is 2.45. The number of rotatable bonds is 5. The summed E-state index contributed by atoms with van der Waals surface area (Å²) in [6.07, 6.45) is -0.633. The van der Waals surface area contributed by atoms with Gasteiger partial charge in [0.2, 0.25) is 5.88 Å². The van der Waals surface area contributed by atoms with E-state index in [0.29, 0.717) is 5.92 Å². The Morgan fingerprint density at radius 2 is 1.74 bits per heavy atom.